The van der Waals surface area contributed by atoms with Gasteiger partial charge < -0.3 is 4.42 Å². The average Bonchev–Trinajstić information content (AvgIpc) is 2.93. The van der Waals surface area contributed by atoms with E-state index in [9.17, 15) is 13.6 Å². The lowest BCUT2D eigenvalue weighted by atomic mass is 10.0. The first-order valence-corrected chi connectivity index (χ1v) is 7.72. The third-order valence-electron chi connectivity index (χ3n) is 3.89. The van der Waals surface area contributed by atoms with E-state index < -0.39 is 24.6 Å². The number of hydrogen-bond donors (Lipinski definition) is 0. The van der Waals surface area contributed by atoms with Crippen LogP contribution in [0, 0.1) is 0 Å². The maximum absolute atomic E-state index is 12.8. The molecule has 5 heteroatoms. The van der Waals surface area contributed by atoms with Gasteiger partial charge >= 0.3 is 5.76 Å². The van der Waals surface area contributed by atoms with Gasteiger partial charge in [-0.15, -0.1) is 0 Å². The number of rotatable bonds is 5. The average molecular weight is 329 g/mol. The van der Waals surface area contributed by atoms with E-state index in [1.807, 2.05) is 60.7 Å². The summed E-state index contributed by atoms with van der Waals surface area (Å²) in [5.74, 6) is -0.228. The van der Waals surface area contributed by atoms with E-state index in [1.54, 1.807) is 6.92 Å². The molecule has 0 aliphatic carbocycles. The molecule has 3 rings (SSSR count). The Hall–Kier alpha value is -2.69. The predicted molar refractivity (Wildman–Crippen MR) is 89.2 cm³/mol. The molecule has 24 heavy (non-hydrogen) atoms. The minimum absolute atomic E-state index is 0.396. The molecule has 0 amide bonds. The molecule has 0 saturated heterocycles. The second kappa shape index (κ2) is 6.83. The van der Waals surface area contributed by atoms with E-state index in [1.165, 1.54) is 4.57 Å². The van der Waals surface area contributed by atoms with E-state index >= 15 is 0 Å². The largest absolute Gasteiger partial charge is 0.420 e. The summed E-state index contributed by atoms with van der Waals surface area (Å²) in [6, 6.07) is 17.7. The smallest absolute Gasteiger partial charge is 0.407 e. The van der Waals surface area contributed by atoms with Crippen LogP contribution in [-0.2, 0) is 0 Å². The molecule has 0 radical (unpaired) electrons. The zero-order valence-corrected chi connectivity index (χ0v) is 13.2. The molecule has 0 aliphatic heterocycles. The lowest BCUT2D eigenvalue weighted by molar-refractivity contribution is 0.118. The van der Waals surface area contributed by atoms with Crippen molar-refractivity contribution < 1.29 is 13.2 Å². The lowest BCUT2D eigenvalue weighted by Gasteiger charge is -2.15. The Labute approximate surface area is 138 Å². The second-order valence-corrected chi connectivity index (χ2v) is 5.62. The molecule has 0 spiro atoms. The third kappa shape index (κ3) is 3.15. The Balaban J connectivity index is 2.23. The second-order valence-electron chi connectivity index (χ2n) is 5.62. The van der Waals surface area contributed by atoms with Crippen molar-refractivity contribution in [2.75, 3.05) is 0 Å². The van der Waals surface area contributed by atoms with Crippen molar-refractivity contribution in [1.82, 2.24) is 4.57 Å². The third-order valence-corrected chi connectivity index (χ3v) is 3.89. The summed E-state index contributed by atoms with van der Waals surface area (Å²) in [6.45, 7) is 1.60. The van der Waals surface area contributed by atoms with Crippen molar-refractivity contribution >= 4 is 0 Å². The van der Waals surface area contributed by atoms with E-state index in [4.69, 9.17) is 4.42 Å². The Kier molecular flexibility index (Phi) is 4.60. The standard InChI is InChI=1S/C19H17F2NO2/c1-13(12-16(20)21)22-17(14-8-4-2-5-9-14)18(24-19(22)23)15-10-6-3-7-11-15/h2-11,13,16H,12H2,1H3/t13-/m0/s1. The van der Waals surface area contributed by atoms with E-state index in [0.29, 0.717) is 11.5 Å². The number of nitrogens with zero attached hydrogens (tertiary/aromatic N) is 1. The molecule has 3 aromatic rings. The number of aromatic nitrogens is 1. The predicted octanol–water partition coefficient (Wildman–Crippen LogP) is 4.99. The lowest BCUT2D eigenvalue weighted by Crippen LogP contribution is -2.21. The summed E-state index contributed by atoms with van der Waals surface area (Å²) in [4.78, 5) is 12.4. The number of benzene rings is 2. The summed E-state index contributed by atoms with van der Waals surface area (Å²) in [7, 11) is 0. The molecule has 3 nitrogen and oxygen atoms in total. The van der Waals surface area contributed by atoms with Gasteiger partial charge in [0.2, 0.25) is 6.43 Å². The molecule has 0 N–H and O–H groups in total. The van der Waals surface area contributed by atoms with E-state index in [-0.39, 0.29) is 0 Å². The molecule has 0 bridgehead atoms. The van der Waals surface area contributed by atoms with Gasteiger partial charge in [0.15, 0.2) is 5.76 Å². The minimum atomic E-state index is -2.49. The molecule has 0 unspecified atom stereocenters. The SMILES string of the molecule is C[C@@H](CC(F)F)n1c(-c2ccccc2)c(-c2ccccc2)oc1=O. The van der Waals surface area contributed by atoms with E-state index in [0.717, 1.165) is 11.1 Å². The first-order chi connectivity index (χ1) is 11.6. The van der Waals surface area contributed by atoms with Gasteiger partial charge in [-0.1, -0.05) is 60.7 Å². The zero-order chi connectivity index (χ0) is 17.1. The molecule has 124 valence electrons. The van der Waals surface area contributed by atoms with Gasteiger partial charge in [-0.2, -0.15) is 0 Å². The molecule has 0 aliphatic rings. The van der Waals surface area contributed by atoms with Crippen LogP contribution in [0.25, 0.3) is 22.6 Å². The summed E-state index contributed by atoms with van der Waals surface area (Å²) in [5, 5.41) is 0. The normalized spacial score (nSPS) is 12.5. The fourth-order valence-electron chi connectivity index (χ4n) is 2.80. The molecule has 1 aromatic heterocycles. The van der Waals surface area contributed by atoms with Gasteiger partial charge in [0.25, 0.3) is 0 Å². The fraction of sp³-hybridized carbons (Fsp3) is 0.211. The summed E-state index contributed by atoms with van der Waals surface area (Å²) >= 11 is 0. The molecular formula is C19H17F2NO2. The van der Waals surface area contributed by atoms with Crippen LogP contribution in [0.4, 0.5) is 8.78 Å². The number of halogens is 2. The van der Waals surface area contributed by atoms with Crippen LogP contribution < -0.4 is 5.76 Å². The number of oxazole rings is 1. The summed E-state index contributed by atoms with van der Waals surface area (Å²) in [5.41, 5.74) is 2.01. The molecule has 1 heterocycles. The van der Waals surface area contributed by atoms with Crippen LogP contribution in [0.3, 0.4) is 0 Å². The van der Waals surface area contributed by atoms with Crippen LogP contribution in [0.1, 0.15) is 19.4 Å². The van der Waals surface area contributed by atoms with Crippen LogP contribution in [0.2, 0.25) is 0 Å². The van der Waals surface area contributed by atoms with Crippen LogP contribution in [-0.4, -0.2) is 11.0 Å². The highest BCUT2D eigenvalue weighted by molar-refractivity contribution is 5.77. The van der Waals surface area contributed by atoms with Gasteiger partial charge in [-0.3, -0.25) is 4.57 Å². The Bertz CT molecular complexity index is 854. The topological polar surface area (TPSA) is 35.1 Å². The quantitative estimate of drug-likeness (QED) is 0.661. The Morgan fingerprint density at radius 3 is 2.04 bits per heavy atom. The summed E-state index contributed by atoms with van der Waals surface area (Å²) in [6.07, 6.45) is -2.90. The van der Waals surface area contributed by atoms with Gasteiger partial charge in [-0.25, -0.2) is 13.6 Å². The van der Waals surface area contributed by atoms with Gasteiger partial charge in [0, 0.05) is 23.6 Å². The van der Waals surface area contributed by atoms with Crippen molar-refractivity contribution in [1.29, 1.82) is 0 Å². The van der Waals surface area contributed by atoms with Crippen LogP contribution >= 0.6 is 0 Å². The minimum Gasteiger partial charge on any atom is -0.407 e. The molecular weight excluding hydrogens is 312 g/mol. The van der Waals surface area contributed by atoms with E-state index in [2.05, 4.69) is 0 Å². The first-order valence-electron chi connectivity index (χ1n) is 7.72. The maximum Gasteiger partial charge on any atom is 0.420 e. The van der Waals surface area contributed by atoms with Crippen molar-refractivity contribution in [3.05, 3.63) is 71.2 Å². The van der Waals surface area contributed by atoms with Gasteiger partial charge in [-0.05, 0) is 6.92 Å². The highest BCUT2D eigenvalue weighted by Crippen LogP contribution is 2.34. The van der Waals surface area contributed by atoms with Crippen molar-refractivity contribution in [2.45, 2.75) is 25.8 Å². The Morgan fingerprint density at radius 1 is 0.958 bits per heavy atom. The number of hydrogen-bond acceptors (Lipinski definition) is 2. The Morgan fingerprint density at radius 2 is 1.50 bits per heavy atom. The van der Waals surface area contributed by atoms with Crippen molar-refractivity contribution in [3.63, 3.8) is 0 Å². The molecule has 2 aromatic carbocycles. The highest BCUT2D eigenvalue weighted by Gasteiger charge is 2.24. The van der Waals surface area contributed by atoms with Crippen molar-refractivity contribution in [3.8, 4) is 22.6 Å². The monoisotopic (exact) mass is 329 g/mol. The molecule has 0 fully saturated rings. The van der Waals surface area contributed by atoms with Crippen LogP contribution in [0.15, 0.2) is 69.9 Å². The maximum atomic E-state index is 12.8. The zero-order valence-electron chi connectivity index (χ0n) is 13.2. The van der Waals surface area contributed by atoms with Crippen LogP contribution in [0.5, 0.6) is 0 Å². The summed E-state index contributed by atoms with van der Waals surface area (Å²) < 4.78 is 32.4. The van der Waals surface area contributed by atoms with Gasteiger partial charge in [0.05, 0.1) is 5.69 Å². The molecule has 0 saturated carbocycles. The number of alkyl halides is 2. The van der Waals surface area contributed by atoms with Gasteiger partial charge in [0.1, 0.15) is 0 Å². The highest BCUT2D eigenvalue weighted by atomic mass is 19.3. The molecule has 1 atom stereocenters. The first kappa shape index (κ1) is 16.2. The van der Waals surface area contributed by atoms with Crippen molar-refractivity contribution in [2.24, 2.45) is 0 Å². The fourth-order valence-corrected chi connectivity index (χ4v) is 2.80.